The van der Waals surface area contributed by atoms with Crippen LogP contribution in [0.1, 0.15) is 18.4 Å². The van der Waals surface area contributed by atoms with E-state index in [-0.39, 0.29) is 5.63 Å². The van der Waals surface area contributed by atoms with Gasteiger partial charge in [0, 0.05) is 10.8 Å². The lowest BCUT2D eigenvalue weighted by molar-refractivity contribution is 0.562. The van der Waals surface area contributed by atoms with Crippen LogP contribution in [0.15, 0.2) is 32.0 Å². The number of hydrogen-bond acceptors (Lipinski definition) is 3. The fourth-order valence-electron chi connectivity index (χ4n) is 2.80. The number of hydrogen-bond donors (Lipinski definition) is 0. The Bertz CT molecular complexity index is 987. The first-order valence-corrected chi connectivity index (χ1v) is 6.40. The second kappa shape index (κ2) is 3.60. The second-order valence-electron chi connectivity index (χ2n) is 4.94. The van der Waals surface area contributed by atoms with Crippen molar-refractivity contribution in [2.24, 2.45) is 0 Å². The summed E-state index contributed by atoms with van der Waals surface area (Å²) in [6, 6.07) is 4.03. The van der Waals surface area contributed by atoms with Gasteiger partial charge in [-0.1, -0.05) is 18.2 Å². The summed E-state index contributed by atoms with van der Waals surface area (Å²) in [4.78, 5) is 12.1. The summed E-state index contributed by atoms with van der Waals surface area (Å²) in [5, 5.41) is 3.56. The lowest BCUT2D eigenvalue weighted by Gasteiger charge is -2.03. The van der Waals surface area contributed by atoms with Crippen LogP contribution >= 0.6 is 0 Å². The van der Waals surface area contributed by atoms with E-state index in [1.54, 1.807) is 6.26 Å². The molecule has 0 radical (unpaired) electrons. The normalized spacial score (nSPS) is 14.2. The highest BCUT2D eigenvalue weighted by atomic mass is 16.4. The molecular weight excluding hydrogens is 240 g/mol. The van der Waals surface area contributed by atoms with Crippen LogP contribution in [-0.2, 0) is 0 Å². The molecule has 0 N–H and O–H groups in total. The first-order chi connectivity index (χ1) is 9.25. The van der Waals surface area contributed by atoms with Gasteiger partial charge in [-0.3, -0.25) is 0 Å². The molecule has 1 aromatic carbocycles. The van der Waals surface area contributed by atoms with Crippen molar-refractivity contribution in [3.05, 3.63) is 44.8 Å². The summed E-state index contributed by atoms with van der Waals surface area (Å²) >= 11 is 0. The average Bonchev–Trinajstić information content (AvgIpc) is 2.82. The molecule has 0 spiro atoms. The minimum Gasteiger partial charge on any atom is -0.463 e. The third-order valence-corrected chi connectivity index (χ3v) is 3.73. The van der Waals surface area contributed by atoms with Crippen molar-refractivity contribution in [1.29, 1.82) is 0 Å². The maximum Gasteiger partial charge on any atom is 0.347 e. The quantitative estimate of drug-likeness (QED) is 0.576. The second-order valence-corrected chi connectivity index (χ2v) is 4.94. The fourth-order valence-corrected chi connectivity index (χ4v) is 2.80. The van der Waals surface area contributed by atoms with E-state index in [1.165, 1.54) is 0 Å². The van der Waals surface area contributed by atoms with Gasteiger partial charge in [-0.15, -0.1) is 0 Å². The van der Waals surface area contributed by atoms with Crippen molar-refractivity contribution in [1.82, 2.24) is 0 Å². The molecule has 94 valence electrons. The Morgan fingerprint density at radius 2 is 1.95 bits per heavy atom. The summed E-state index contributed by atoms with van der Waals surface area (Å²) in [6.45, 7) is 1.85. The Kier molecular flexibility index (Phi) is 2.01. The Morgan fingerprint density at radius 1 is 1.11 bits per heavy atom. The van der Waals surface area contributed by atoms with Crippen LogP contribution in [0, 0.1) is 6.92 Å². The van der Waals surface area contributed by atoms with Gasteiger partial charge in [-0.05, 0) is 31.1 Å². The van der Waals surface area contributed by atoms with E-state index in [0.717, 1.165) is 34.2 Å². The molecule has 0 bridgehead atoms. The summed E-state index contributed by atoms with van der Waals surface area (Å²) in [7, 11) is 0. The Morgan fingerprint density at radius 3 is 2.84 bits per heavy atom. The van der Waals surface area contributed by atoms with Gasteiger partial charge in [-0.2, -0.15) is 0 Å². The van der Waals surface area contributed by atoms with Crippen LogP contribution in [0.25, 0.3) is 34.1 Å². The van der Waals surface area contributed by atoms with Crippen molar-refractivity contribution in [2.45, 2.75) is 19.8 Å². The molecule has 4 rings (SSSR count). The van der Waals surface area contributed by atoms with Crippen LogP contribution in [0.3, 0.4) is 0 Å². The molecule has 0 saturated carbocycles. The van der Waals surface area contributed by atoms with Gasteiger partial charge in [-0.25, -0.2) is 4.79 Å². The summed E-state index contributed by atoms with van der Waals surface area (Å²) in [5.74, 6) is 0. The monoisotopic (exact) mass is 252 g/mol. The maximum absolute atomic E-state index is 12.1. The molecule has 0 aliphatic heterocycles. The molecule has 2 aromatic heterocycles. The first kappa shape index (κ1) is 10.6. The van der Waals surface area contributed by atoms with E-state index in [2.05, 4.69) is 18.2 Å². The lowest BCUT2D eigenvalue weighted by atomic mass is 10.0. The molecule has 3 aromatic rings. The largest absolute Gasteiger partial charge is 0.463 e. The predicted octanol–water partition coefficient (Wildman–Crippen LogP) is 2.20. The molecule has 0 fully saturated rings. The number of furan rings is 1. The number of rotatable bonds is 0. The van der Waals surface area contributed by atoms with Crippen LogP contribution < -0.4 is 16.1 Å². The van der Waals surface area contributed by atoms with E-state index in [0.29, 0.717) is 16.6 Å². The molecule has 1 aliphatic rings. The van der Waals surface area contributed by atoms with Crippen LogP contribution in [0.4, 0.5) is 0 Å². The Hall–Kier alpha value is -2.29. The van der Waals surface area contributed by atoms with Crippen molar-refractivity contribution >= 4 is 34.1 Å². The van der Waals surface area contributed by atoms with Crippen molar-refractivity contribution in [3.63, 3.8) is 0 Å². The first-order valence-electron chi connectivity index (χ1n) is 6.40. The molecule has 0 atom stereocenters. The maximum atomic E-state index is 12.1. The smallest absolute Gasteiger partial charge is 0.347 e. The minimum atomic E-state index is -0.318. The van der Waals surface area contributed by atoms with Crippen LogP contribution in [0.2, 0.25) is 0 Å². The summed E-state index contributed by atoms with van der Waals surface area (Å²) in [5.41, 5.74) is 1.77. The minimum absolute atomic E-state index is 0.318. The third-order valence-electron chi connectivity index (χ3n) is 3.73. The van der Waals surface area contributed by atoms with Crippen LogP contribution in [-0.4, -0.2) is 0 Å². The molecule has 0 saturated heterocycles. The van der Waals surface area contributed by atoms with Gasteiger partial charge in [0.15, 0.2) is 5.58 Å². The van der Waals surface area contributed by atoms with E-state index in [1.807, 2.05) is 13.0 Å². The summed E-state index contributed by atoms with van der Waals surface area (Å²) < 4.78 is 11.1. The molecule has 1 aliphatic carbocycles. The van der Waals surface area contributed by atoms with Crippen LogP contribution in [0.5, 0.6) is 0 Å². The average molecular weight is 252 g/mol. The van der Waals surface area contributed by atoms with Crippen molar-refractivity contribution in [3.8, 4) is 0 Å². The topological polar surface area (TPSA) is 43.4 Å². The van der Waals surface area contributed by atoms with E-state index >= 15 is 0 Å². The molecule has 19 heavy (non-hydrogen) atoms. The van der Waals surface area contributed by atoms with E-state index in [9.17, 15) is 4.79 Å². The third kappa shape index (κ3) is 1.35. The zero-order valence-electron chi connectivity index (χ0n) is 10.5. The zero-order chi connectivity index (χ0) is 13.0. The molecule has 0 amide bonds. The van der Waals surface area contributed by atoms with Gasteiger partial charge in [0.05, 0.1) is 11.6 Å². The number of fused-ring (bicyclic) bond motifs is 5. The van der Waals surface area contributed by atoms with Gasteiger partial charge >= 0.3 is 5.63 Å². The molecule has 2 heterocycles. The van der Waals surface area contributed by atoms with Gasteiger partial charge in [0.1, 0.15) is 11.0 Å². The molecular formula is C16H12O3. The van der Waals surface area contributed by atoms with Gasteiger partial charge in [0.25, 0.3) is 0 Å². The fraction of sp³-hybridized carbons (Fsp3) is 0.188. The van der Waals surface area contributed by atoms with E-state index < -0.39 is 0 Å². The SMILES string of the molecule is Cc1coc2c1c(=O)oc1c3c(ccc12)=CCCC=3. The molecule has 3 nitrogen and oxygen atoms in total. The highest BCUT2D eigenvalue weighted by molar-refractivity contribution is 6.02. The lowest BCUT2D eigenvalue weighted by Crippen LogP contribution is -2.27. The number of aryl methyl sites for hydroxylation is 1. The standard InChI is InChI=1S/C16H12O3/c1-9-8-18-15-12-7-6-10-4-2-3-5-11(10)14(12)19-16(17)13(9)15/h4-8H,2-3H2,1H3. The highest BCUT2D eigenvalue weighted by Crippen LogP contribution is 2.24. The van der Waals surface area contributed by atoms with Gasteiger partial charge < -0.3 is 8.83 Å². The predicted molar refractivity (Wildman–Crippen MR) is 74.4 cm³/mol. The Labute approximate surface area is 108 Å². The Balaban J connectivity index is 2.37. The highest BCUT2D eigenvalue weighted by Gasteiger charge is 2.14. The molecule has 0 unspecified atom stereocenters. The van der Waals surface area contributed by atoms with Crippen molar-refractivity contribution in [2.75, 3.05) is 0 Å². The zero-order valence-corrected chi connectivity index (χ0v) is 10.5. The molecule has 3 heteroatoms. The number of benzene rings is 1. The van der Waals surface area contributed by atoms with Crippen molar-refractivity contribution < 1.29 is 8.83 Å². The van der Waals surface area contributed by atoms with E-state index in [4.69, 9.17) is 8.83 Å². The summed E-state index contributed by atoms with van der Waals surface area (Å²) in [6.07, 6.45) is 7.92. The van der Waals surface area contributed by atoms with Gasteiger partial charge in [0.2, 0.25) is 0 Å².